The summed E-state index contributed by atoms with van der Waals surface area (Å²) in [6, 6.07) is 15.3. The van der Waals surface area contributed by atoms with Gasteiger partial charge in [0.25, 0.3) is 5.91 Å². The molecule has 1 aliphatic heterocycles. The second-order valence-corrected chi connectivity index (χ2v) is 6.89. The Kier molecular flexibility index (Phi) is 4.40. The number of pyridine rings is 1. The minimum Gasteiger partial charge on any atom is -0.459 e. The lowest BCUT2D eigenvalue weighted by atomic mass is 10.2. The van der Waals surface area contributed by atoms with Gasteiger partial charge in [-0.1, -0.05) is 12.1 Å². The molecule has 3 aromatic heterocycles. The minimum absolute atomic E-state index is 0.0711. The molecule has 4 aromatic rings. The van der Waals surface area contributed by atoms with E-state index >= 15 is 0 Å². The molecule has 144 valence electrons. The van der Waals surface area contributed by atoms with Gasteiger partial charge in [0.2, 0.25) is 0 Å². The maximum Gasteiger partial charge on any atom is 0.289 e. The third-order valence-corrected chi connectivity index (χ3v) is 5.10. The number of aromatic nitrogens is 3. The number of piperazine rings is 1. The van der Waals surface area contributed by atoms with Crippen LogP contribution in [0.5, 0.6) is 0 Å². The lowest BCUT2D eigenvalue weighted by molar-refractivity contribution is 0.0714. The van der Waals surface area contributed by atoms with E-state index in [1.165, 1.54) is 6.26 Å². The summed E-state index contributed by atoms with van der Waals surface area (Å²) < 4.78 is 5.25. The summed E-state index contributed by atoms with van der Waals surface area (Å²) in [4.78, 5) is 30.4. The van der Waals surface area contributed by atoms with E-state index in [9.17, 15) is 4.79 Å². The third-order valence-electron chi connectivity index (χ3n) is 5.10. The molecule has 4 heterocycles. The van der Waals surface area contributed by atoms with E-state index in [4.69, 9.17) is 14.4 Å². The maximum atomic E-state index is 12.5. The summed E-state index contributed by atoms with van der Waals surface area (Å²) in [6.07, 6.45) is 5.03. The Bertz CT molecular complexity index is 1140. The number of hydrogen-bond acceptors (Lipinski definition) is 6. The highest BCUT2D eigenvalue weighted by atomic mass is 16.3. The summed E-state index contributed by atoms with van der Waals surface area (Å²) in [7, 11) is 0. The molecule has 0 atom stereocenters. The molecule has 7 heteroatoms. The Hall–Kier alpha value is -3.74. The molecule has 0 spiro atoms. The molecular formula is C22H19N5O2. The molecule has 0 unspecified atom stereocenters. The zero-order chi connectivity index (χ0) is 19.6. The number of fused-ring (bicyclic) bond motifs is 1. The molecule has 1 saturated heterocycles. The fourth-order valence-electron chi connectivity index (χ4n) is 3.60. The van der Waals surface area contributed by atoms with Gasteiger partial charge in [0.1, 0.15) is 5.82 Å². The average Bonchev–Trinajstić information content (AvgIpc) is 3.34. The van der Waals surface area contributed by atoms with Crippen molar-refractivity contribution in [2.45, 2.75) is 0 Å². The van der Waals surface area contributed by atoms with Crippen LogP contribution in [0.4, 0.5) is 5.82 Å². The first-order valence-electron chi connectivity index (χ1n) is 9.54. The summed E-state index contributed by atoms with van der Waals surface area (Å²) in [5.74, 6) is 1.85. The van der Waals surface area contributed by atoms with E-state index in [0.717, 1.165) is 22.3 Å². The van der Waals surface area contributed by atoms with Gasteiger partial charge in [0.05, 0.1) is 11.8 Å². The highest BCUT2D eigenvalue weighted by Crippen LogP contribution is 2.28. The zero-order valence-electron chi connectivity index (χ0n) is 15.7. The van der Waals surface area contributed by atoms with E-state index in [1.807, 2.05) is 41.3 Å². The van der Waals surface area contributed by atoms with Gasteiger partial charge in [-0.05, 0) is 36.4 Å². The molecule has 1 amide bonds. The predicted molar refractivity (Wildman–Crippen MR) is 110 cm³/mol. The summed E-state index contributed by atoms with van der Waals surface area (Å²) in [6.45, 7) is 2.61. The van der Waals surface area contributed by atoms with Crippen molar-refractivity contribution in [3.05, 3.63) is 72.9 Å². The van der Waals surface area contributed by atoms with Crippen molar-refractivity contribution in [1.82, 2.24) is 19.9 Å². The Labute approximate surface area is 167 Å². The zero-order valence-corrected chi connectivity index (χ0v) is 15.7. The number of benzene rings is 1. The Balaban J connectivity index is 1.45. The smallest absolute Gasteiger partial charge is 0.289 e. The number of amides is 1. The number of rotatable bonds is 3. The second kappa shape index (κ2) is 7.35. The predicted octanol–water partition coefficient (Wildman–Crippen LogP) is 3.25. The largest absolute Gasteiger partial charge is 0.459 e. The van der Waals surface area contributed by atoms with Crippen LogP contribution >= 0.6 is 0 Å². The summed E-state index contributed by atoms with van der Waals surface area (Å²) in [5.41, 5.74) is 1.77. The molecule has 5 rings (SSSR count). The highest BCUT2D eigenvalue weighted by Gasteiger charge is 2.25. The number of anilines is 1. The van der Waals surface area contributed by atoms with Gasteiger partial charge in [0, 0.05) is 49.5 Å². The summed E-state index contributed by atoms with van der Waals surface area (Å²) in [5, 5.41) is 1.01. The van der Waals surface area contributed by atoms with Crippen molar-refractivity contribution in [2.75, 3.05) is 31.1 Å². The van der Waals surface area contributed by atoms with Crippen molar-refractivity contribution in [3.63, 3.8) is 0 Å². The van der Waals surface area contributed by atoms with Crippen LogP contribution in [-0.2, 0) is 0 Å². The van der Waals surface area contributed by atoms with Crippen molar-refractivity contribution in [2.24, 2.45) is 0 Å². The molecule has 1 aliphatic rings. The Morgan fingerprint density at radius 3 is 2.55 bits per heavy atom. The topological polar surface area (TPSA) is 75.4 Å². The van der Waals surface area contributed by atoms with E-state index < -0.39 is 0 Å². The van der Waals surface area contributed by atoms with Crippen LogP contribution < -0.4 is 4.90 Å². The molecular weight excluding hydrogens is 366 g/mol. The molecule has 1 aromatic carbocycles. The third kappa shape index (κ3) is 3.31. The first-order chi connectivity index (χ1) is 14.3. The van der Waals surface area contributed by atoms with E-state index in [1.54, 1.807) is 24.5 Å². The lowest BCUT2D eigenvalue weighted by Crippen LogP contribution is -2.49. The number of carbonyl (C=O) groups excluding carboxylic acids is 1. The van der Waals surface area contributed by atoms with E-state index in [2.05, 4.69) is 9.88 Å². The first-order valence-corrected chi connectivity index (χ1v) is 9.54. The van der Waals surface area contributed by atoms with Gasteiger partial charge in [-0.25, -0.2) is 9.97 Å². The second-order valence-electron chi connectivity index (χ2n) is 6.89. The van der Waals surface area contributed by atoms with Gasteiger partial charge < -0.3 is 14.2 Å². The molecule has 29 heavy (non-hydrogen) atoms. The van der Waals surface area contributed by atoms with Crippen LogP contribution in [0, 0.1) is 0 Å². The van der Waals surface area contributed by atoms with Gasteiger partial charge in [-0.15, -0.1) is 0 Å². The number of para-hydroxylation sites is 1. The Morgan fingerprint density at radius 2 is 1.79 bits per heavy atom. The molecule has 0 saturated carbocycles. The molecule has 0 N–H and O–H groups in total. The van der Waals surface area contributed by atoms with Crippen molar-refractivity contribution in [1.29, 1.82) is 0 Å². The number of nitrogens with zero attached hydrogens (tertiary/aromatic N) is 5. The standard InChI is InChI=1S/C22H19N5O2/c28-22(19-8-4-14-29-19)27-12-10-26(11-13-27)21-17-6-1-2-7-18(17)24-20(25-21)16-5-3-9-23-15-16/h1-9,14-15H,10-13H2. The lowest BCUT2D eigenvalue weighted by Gasteiger charge is -2.35. The van der Waals surface area contributed by atoms with E-state index in [-0.39, 0.29) is 5.91 Å². The van der Waals surface area contributed by atoms with Crippen LogP contribution in [0.25, 0.3) is 22.3 Å². The van der Waals surface area contributed by atoms with Gasteiger partial charge >= 0.3 is 0 Å². The van der Waals surface area contributed by atoms with Gasteiger partial charge in [-0.3, -0.25) is 9.78 Å². The average molecular weight is 385 g/mol. The molecule has 0 aliphatic carbocycles. The van der Waals surface area contributed by atoms with Crippen LogP contribution in [0.15, 0.2) is 71.6 Å². The van der Waals surface area contributed by atoms with Crippen molar-refractivity contribution < 1.29 is 9.21 Å². The van der Waals surface area contributed by atoms with Crippen LogP contribution in [-0.4, -0.2) is 51.9 Å². The monoisotopic (exact) mass is 385 g/mol. The molecule has 0 bridgehead atoms. The van der Waals surface area contributed by atoms with Crippen LogP contribution in [0.2, 0.25) is 0 Å². The fourth-order valence-corrected chi connectivity index (χ4v) is 3.60. The van der Waals surface area contributed by atoms with Crippen molar-refractivity contribution >= 4 is 22.6 Å². The summed E-state index contributed by atoms with van der Waals surface area (Å²) >= 11 is 0. The molecule has 1 fully saturated rings. The van der Waals surface area contributed by atoms with Gasteiger partial charge in [-0.2, -0.15) is 0 Å². The van der Waals surface area contributed by atoms with Crippen LogP contribution in [0.1, 0.15) is 10.6 Å². The number of carbonyl (C=O) groups is 1. The van der Waals surface area contributed by atoms with Crippen LogP contribution in [0.3, 0.4) is 0 Å². The molecule has 0 radical (unpaired) electrons. The number of hydrogen-bond donors (Lipinski definition) is 0. The first kappa shape index (κ1) is 17.4. The van der Waals surface area contributed by atoms with Crippen molar-refractivity contribution in [3.8, 4) is 11.4 Å². The molecule has 7 nitrogen and oxygen atoms in total. The highest BCUT2D eigenvalue weighted by molar-refractivity contribution is 5.93. The quantitative estimate of drug-likeness (QED) is 0.539. The normalized spacial score (nSPS) is 14.3. The number of furan rings is 1. The SMILES string of the molecule is O=C(c1ccco1)N1CCN(c2nc(-c3cccnc3)nc3ccccc23)CC1. The van der Waals surface area contributed by atoms with Gasteiger partial charge in [0.15, 0.2) is 11.6 Å². The fraction of sp³-hybridized carbons (Fsp3) is 0.182. The Morgan fingerprint density at radius 1 is 0.931 bits per heavy atom. The maximum absolute atomic E-state index is 12.5. The van der Waals surface area contributed by atoms with E-state index in [0.29, 0.717) is 37.8 Å². The minimum atomic E-state index is -0.0711.